The summed E-state index contributed by atoms with van der Waals surface area (Å²) in [6.45, 7) is 5.30. The molecule has 0 bridgehead atoms. The predicted octanol–water partition coefficient (Wildman–Crippen LogP) is 3.11. The fourth-order valence-corrected chi connectivity index (χ4v) is 1.88. The largest absolute Gasteiger partial charge is 0.377 e. The fourth-order valence-electron chi connectivity index (χ4n) is 1.88. The average molecular weight is 272 g/mol. The monoisotopic (exact) mass is 272 g/mol. The van der Waals surface area contributed by atoms with Crippen molar-refractivity contribution in [2.24, 2.45) is 0 Å². The molecule has 0 saturated heterocycles. The first-order valence-electron chi connectivity index (χ1n) is 6.66. The first-order valence-corrected chi connectivity index (χ1v) is 6.66. The van der Waals surface area contributed by atoms with Gasteiger partial charge in [0, 0.05) is 25.4 Å². The first-order chi connectivity index (χ1) is 9.72. The molecule has 1 heterocycles. The van der Waals surface area contributed by atoms with Gasteiger partial charge in [-0.05, 0) is 25.5 Å². The van der Waals surface area contributed by atoms with E-state index in [9.17, 15) is 0 Å². The Morgan fingerprint density at radius 3 is 2.60 bits per heavy atom. The van der Waals surface area contributed by atoms with Gasteiger partial charge in [0.1, 0.15) is 18.2 Å². The van der Waals surface area contributed by atoms with Crippen LogP contribution >= 0.6 is 0 Å². The molecular weight excluding hydrogens is 252 g/mol. The number of hydrogen-bond donors (Lipinski definition) is 2. The number of hydrogen-bond acceptors (Lipinski definition) is 5. The molecular formula is C15H20N4O. The van der Waals surface area contributed by atoms with Gasteiger partial charge < -0.3 is 15.4 Å². The zero-order chi connectivity index (χ0) is 14.4. The number of benzene rings is 1. The molecule has 0 radical (unpaired) electrons. The lowest BCUT2D eigenvalue weighted by Crippen LogP contribution is -2.07. The highest BCUT2D eigenvalue weighted by Gasteiger charge is 2.05. The molecule has 0 aliphatic rings. The molecule has 5 heteroatoms. The third-order valence-corrected chi connectivity index (χ3v) is 2.81. The van der Waals surface area contributed by atoms with E-state index in [1.54, 1.807) is 7.11 Å². The molecule has 0 saturated carbocycles. The van der Waals surface area contributed by atoms with Gasteiger partial charge in [-0.3, -0.25) is 0 Å². The van der Waals surface area contributed by atoms with E-state index >= 15 is 0 Å². The normalized spacial score (nSPS) is 10.3. The Kier molecular flexibility index (Phi) is 4.90. The van der Waals surface area contributed by atoms with Crippen LogP contribution in [0.15, 0.2) is 30.3 Å². The van der Waals surface area contributed by atoms with Gasteiger partial charge in [0.2, 0.25) is 0 Å². The summed E-state index contributed by atoms with van der Waals surface area (Å²) in [7, 11) is 1.64. The standard InChI is InChI=1S/C15H20N4O/c1-4-16-13-9-14(19-15(18-13)10-20-3)17-12-8-6-5-7-11(12)2/h5-9H,4,10H2,1-3H3,(H2,16,17,18,19). The molecule has 5 nitrogen and oxygen atoms in total. The summed E-state index contributed by atoms with van der Waals surface area (Å²) in [5.74, 6) is 2.21. The van der Waals surface area contributed by atoms with E-state index in [1.807, 2.05) is 31.2 Å². The van der Waals surface area contributed by atoms with Crippen LogP contribution in [-0.4, -0.2) is 23.6 Å². The van der Waals surface area contributed by atoms with Gasteiger partial charge in [0.05, 0.1) is 0 Å². The van der Waals surface area contributed by atoms with Crippen LogP contribution in [0.3, 0.4) is 0 Å². The van der Waals surface area contributed by atoms with Crippen molar-refractivity contribution in [3.8, 4) is 0 Å². The lowest BCUT2D eigenvalue weighted by atomic mass is 10.2. The van der Waals surface area contributed by atoms with E-state index in [0.29, 0.717) is 12.4 Å². The van der Waals surface area contributed by atoms with Gasteiger partial charge in [-0.25, -0.2) is 9.97 Å². The van der Waals surface area contributed by atoms with Crippen LogP contribution < -0.4 is 10.6 Å². The highest BCUT2D eigenvalue weighted by atomic mass is 16.5. The molecule has 2 aromatic rings. The highest BCUT2D eigenvalue weighted by Crippen LogP contribution is 2.20. The van der Waals surface area contributed by atoms with Crippen molar-refractivity contribution in [3.63, 3.8) is 0 Å². The van der Waals surface area contributed by atoms with Gasteiger partial charge in [0.15, 0.2) is 5.82 Å². The summed E-state index contributed by atoms with van der Waals surface area (Å²) in [6.07, 6.45) is 0. The molecule has 0 spiro atoms. The Morgan fingerprint density at radius 2 is 1.90 bits per heavy atom. The predicted molar refractivity (Wildman–Crippen MR) is 81.4 cm³/mol. The zero-order valence-electron chi connectivity index (χ0n) is 12.1. The summed E-state index contributed by atoms with van der Waals surface area (Å²) in [6, 6.07) is 10.00. The molecule has 0 atom stereocenters. The van der Waals surface area contributed by atoms with Crippen LogP contribution in [0.2, 0.25) is 0 Å². The van der Waals surface area contributed by atoms with Gasteiger partial charge in [-0.2, -0.15) is 0 Å². The Hall–Kier alpha value is -2.14. The summed E-state index contributed by atoms with van der Waals surface area (Å²) in [5, 5.41) is 6.52. The van der Waals surface area contributed by atoms with E-state index in [0.717, 1.165) is 23.9 Å². The van der Waals surface area contributed by atoms with Crippen molar-refractivity contribution in [1.82, 2.24) is 9.97 Å². The smallest absolute Gasteiger partial charge is 0.158 e. The molecule has 0 aliphatic carbocycles. The molecule has 0 unspecified atom stereocenters. The molecule has 0 amide bonds. The maximum Gasteiger partial charge on any atom is 0.158 e. The SMILES string of the molecule is CCNc1cc(Nc2ccccc2C)nc(COC)n1. The third kappa shape index (κ3) is 3.68. The number of nitrogens with zero attached hydrogens (tertiary/aromatic N) is 2. The van der Waals surface area contributed by atoms with Crippen LogP contribution in [-0.2, 0) is 11.3 Å². The second-order valence-electron chi connectivity index (χ2n) is 4.46. The Labute approximate surface area is 119 Å². The first kappa shape index (κ1) is 14.3. The maximum absolute atomic E-state index is 5.11. The van der Waals surface area contributed by atoms with Crippen LogP contribution in [0, 0.1) is 6.92 Å². The summed E-state index contributed by atoms with van der Waals surface area (Å²) in [4.78, 5) is 8.84. The minimum absolute atomic E-state index is 0.391. The average Bonchev–Trinajstić information content (AvgIpc) is 2.42. The van der Waals surface area contributed by atoms with E-state index in [2.05, 4.69) is 33.6 Å². The van der Waals surface area contributed by atoms with Crippen molar-refractivity contribution < 1.29 is 4.74 Å². The summed E-state index contributed by atoms with van der Waals surface area (Å²) < 4.78 is 5.11. The lowest BCUT2D eigenvalue weighted by Gasteiger charge is -2.12. The Bertz CT molecular complexity index is 547. The molecule has 106 valence electrons. The number of rotatable bonds is 6. The summed E-state index contributed by atoms with van der Waals surface area (Å²) >= 11 is 0. The molecule has 1 aromatic heterocycles. The van der Waals surface area contributed by atoms with Gasteiger partial charge in [-0.1, -0.05) is 18.2 Å². The van der Waals surface area contributed by atoms with Crippen LogP contribution in [0.1, 0.15) is 18.3 Å². The minimum atomic E-state index is 0.391. The molecule has 20 heavy (non-hydrogen) atoms. The van der Waals surface area contributed by atoms with Crippen molar-refractivity contribution >= 4 is 17.3 Å². The Balaban J connectivity index is 2.28. The fraction of sp³-hybridized carbons (Fsp3) is 0.333. The summed E-state index contributed by atoms with van der Waals surface area (Å²) in [5.41, 5.74) is 2.21. The topological polar surface area (TPSA) is 59.1 Å². The van der Waals surface area contributed by atoms with Crippen LogP contribution in [0.4, 0.5) is 17.3 Å². The number of para-hydroxylation sites is 1. The second-order valence-corrected chi connectivity index (χ2v) is 4.46. The second kappa shape index (κ2) is 6.86. The molecule has 2 rings (SSSR count). The third-order valence-electron chi connectivity index (χ3n) is 2.81. The highest BCUT2D eigenvalue weighted by molar-refractivity contribution is 5.62. The van der Waals surface area contributed by atoms with Gasteiger partial charge >= 0.3 is 0 Å². The van der Waals surface area contributed by atoms with E-state index in [-0.39, 0.29) is 0 Å². The van der Waals surface area contributed by atoms with Gasteiger partial charge in [0.25, 0.3) is 0 Å². The number of methoxy groups -OCH3 is 1. The van der Waals surface area contributed by atoms with Gasteiger partial charge in [-0.15, -0.1) is 0 Å². The molecule has 1 aromatic carbocycles. The Morgan fingerprint density at radius 1 is 1.15 bits per heavy atom. The quantitative estimate of drug-likeness (QED) is 0.846. The maximum atomic E-state index is 5.11. The molecule has 2 N–H and O–H groups in total. The van der Waals surface area contributed by atoms with E-state index < -0.39 is 0 Å². The van der Waals surface area contributed by atoms with Crippen LogP contribution in [0.25, 0.3) is 0 Å². The van der Waals surface area contributed by atoms with Crippen LogP contribution in [0.5, 0.6) is 0 Å². The van der Waals surface area contributed by atoms with E-state index in [4.69, 9.17) is 4.74 Å². The number of nitrogens with one attached hydrogen (secondary N) is 2. The van der Waals surface area contributed by atoms with Crippen molar-refractivity contribution in [3.05, 3.63) is 41.7 Å². The number of anilines is 3. The number of aromatic nitrogens is 2. The minimum Gasteiger partial charge on any atom is -0.377 e. The van der Waals surface area contributed by atoms with Crippen molar-refractivity contribution in [1.29, 1.82) is 0 Å². The van der Waals surface area contributed by atoms with Crippen molar-refractivity contribution in [2.75, 3.05) is 24.3 Å². The number of ether oxygens (including phenoxy) is 1. The number of aryl methyl sites for hydroxylation is 1. The van der Waals surface area contributed by atoms with E-state index in [1.165, 1.54) is 5.56 Å². The zero-order valence-corrected chi connectivity index (χ0v) is 12.1. The molecule has 0 fully saturated rings. The lowest BCUT2D eigenvalue weighted by molar-refractivity contribution is 0.178. The molecule has 0 aliphatic heterocycles. The van der Waals surface area contributed by atoms with Crippen molar-refractivity contribution in [2.45, 2.75) is 20.5 Å².